The molecule has 0 saturated carbocycles. The van der Waals surface area contributed by atoms with Crippen LogP contribution in [0.2, 0.25) is 0 Å². The Balaban J connectivity index is 3.63. The van der Waals surface area contributed by atoms with Crippen LogP contribution in [0.1, 0.15) is 13.8 Å². The normalized spacial score (nSPS) is 8.78. The second-order valence-electron chi connectivity index (χ2n) is 2.12. The molecule has 0 aromatic carbocycles. The minimum absolute atomic E-state index is 0.0255. The summed E-state index contributed by atoms with van der Waals surface area (Å²) < 4.78 is 4.61. The molecule has 52 valence electrons. The first-order valence-corrected chi connectivity index (χ1v) is 2.83. The third kappa shape index (κ3) is 5.24. The number of hydrogen-bond donors (Lipinski definition) is 0. The number of methoxy groups -OCH3 is 1. The fourth-order valence-electron chi connectivity index (χ4n) is 0.506. The van der Waals surface area contributed by atoms with Crippen LogP contribution in [0.25, 0.3) is 0 Å². The largest absolute Gasteiger partial charge is 0.377 e. The fraction of sp³-hybridized carbons (Fsp3) is 0.571. The van der Waals surface area contributed by atoms with Crippen molar-refractivity contribution < 1.29 is 9.53 Å². The van der Waals surface area contributed by atoms with Crippen LogP contribution >= 0.6 is 0 Å². The van der Waals surface area contributed by atoms with Gasteiger partial charge in [0.1, 0.15) is 6.61 Å². The first kappa shape index (κ1) is 8.37. The van der Waals surface area contributed by atoms with E-state index in [0.29, 0.717) is 0 Å². The van der Waals surface area contributed by atoms with Crippen molar-refractivity contribution in [2.24, 2.45) is 0 Å². The van der Waals surface area contributed by atoms with E-state index in [1.165, 1.54) is 7.11 Å². The van der Waals surface area contributed by atoms with Gasteiger partial charge in [0.25, 0.3) is 0 Å². The highest BCUT2D eigenvalue weighted by Gasteiger charge is 1.92. The average Bonchev–Trinajstić information content (AvgIpc) is 1.63. The zero-order chi connectivity index (χ0) is 7.28. The maximum absolute atomic E-state index is 10.7. The van der Waals surface area contributed by atoms with Crippen LogP contribution in [-0.2, 0) is 9.53 Å². The predicted octanol–water partition coefficient (Wildman–Crippen LogP) is 1.17. The Morgan fingerprint density at radius 2 is 2.11 bits per heavy atom. The van der Waals surface area contributed by atoms with Gasteiger partial charge in [-0.05, 0) is 19.9 Å². The summed E-state index contributed by atoms with van der Waals surface area (Å²) in [4.78, 5) is 10.7. The van der Waals surface area contributed by atoms with E-state index in [4.69, 9.17) is 0 Å². The van der Waals surface area contributed by atoms with Gasteiger partial charge in [-0.15, -0.1) is 0 Å². The number of allylic oxidation sites excluding steroid dienone is 1. The molecule has 0 saturated heterocycles. The number of carbonyl (C=O) groups excluding carboxylic acids is 1. The highest BCUT2D eigenvalue weighted by Crippen LogP contribution is 1.88. The Kier molecular flexibility index (Phi) is 3.97. The van der Waals surface area contributed by atoms with Crippen LogP contribution in [0.5, 0.6) is 0 Å². The van der Waals surface area contributed by atoms with E-state index in [2.05, 4.69) is 4.74 Å². The van der Waals surface area contributed by atoms with Crippen LogP contribution in [-0.4, -0.2) is 19.5 Å². The number of rotatable bonds is 3. The molecule has 0 N–H and O–H groups in total. The number of ketones is 1. The summed E-state index contributed by atoms with van der Waals surface area (Å²) in [5.41, 5.74) is 1.01. The van der Waals surface area contributed by atoms with Gasteiger partial charge in [0.05, 0.1) is 0 Å². The molecule has 0 heterocycles. The molecular weight excluding hydrogens is 116 g/mol. The Morgan fingerprint density at radius 1 is 1.56 bits per heavy atom. The SMILES string of the molecule is COCC(=O)C=C(C)C. The summed E-state index contributed by atoms with van der Waals surface area (Å²) in [7, 11) is 1.51. The Morgan fingerprint density at radius 3 is 2.44 bits per heavy atom. The predicted molar refractivity (Wildman–Crippen MR) is 36.3 cm³/mol. The Hall–Kier alpha value is -0.630. The highest BCUT2D eigenvalue weighted by atomic mass is 16.5. The molecule has 9 heavy (non-hydrogen) atoms. The van der Waals surface area contributed by atoms with Crippen molar-refractivity contribution in [1.82, 2.24) is 0 Å². The molecule has 0 spiro atoms. The van der Waals surface area contributed by atoms with Crippen molar-refractivity contribution >= 4 is 5.78 Å². The van der Waals surface area contributed by atoms with Gasteiger partial charge in [0.15, 0.2) is 5.78 Å². The van der Waals surface area contributed by atoms with Crippen LogP contribution in [0, 0.1) is 0 Å². The van der Waals surface area contributed by atoms with E-state index >= 15 is 0 Å². The van der Waals surface area contributed by atoms with E-state index < -0.39 is 0 Å². The van der Waals surface area contributed by atoms with Gasteiger partial charge < -0.3 is 4.74 Å². The van der Waals surface area contributed by atoms with Crippen molar-refractivity contribution in [2.45, 2.75) is 13.8 Å². The quantitative estimate of drug-likeness (QED) is 0.533. The van der Waals surface area contributed by atoms with E-state index in [9.17, 15) is 4.79 Å². The summed E-state index contributed by atoms with van der Waals surface area (Å²) in [6.07, 6.45) is 1.57. The lowest BCUT2D eigenvalue weighted by molar-refractivity contribution is -0.118. The molecule has 0 unspecified atom stereocenters. The Labute approximate surface area is 55.5 Å². The molecule has 0 fully saturated rings. The molecule has 0 aliphatic carbocycles. The maximum Gasteiger partial charge on any atom is 0.181 e. The van der Waals surface area contributed by atoms with E-state index in [-0.39, 0.29) is 12.4 Å². The fourth-order valence-corrected chi connectivity index (χ4v) is 0.506. The van der Waals surface area contributed by atoms with Gasteiger partial charge in [-0.25, -0.2) is 0 Å². The average molecular weight is 128 g/mol. The third-order valence-electron chi connectivity index (χ3n) is 0.736. The molecule has 0 aromatic rings. The number of carbonyl (C=O) groups is 1. The standard InChI is InChI=1S/C7H12O2/c1-6(2)4-7(8)5-9-3/h4H,5H2,1-3H3. The summed E-state index contributed by atoms with van der Waals surface area (Å²) in [5.74, 6) is 0.0255. The summed E-state index contributed by atoms with van der Waals surface area (Å²) >= 11 is 0. The minimum atomic E-state index is 0.0255. The molecule has 0 atom stereocenters. The van der Waals surface area contributed by atoms with E-state index in [1.807, 2.05) is 13.8 Å². The molecule has 2 heteroatoms. The zero-order valence-electron chi connectivity index (χ0n) is 6.10. The lowest BCUT2D eigenvalue weighted by Gasteiger charge is -1.91. The van der Waals surface area contributed by atoms with Gasteiger partial charge in [-0.1, -0.05) is 5.57 Å². The summed E-state index contributed by atoms with van der Waals surface area (Å²) in [6.45, 7) is 3.95. The van der Waals surface area contributed by atoms with Gasteiger partial charge in [-0.3, -0.25) is 4.79 Å². The van der Waals surface area contributed by atoms with Crippen molar-refractivity contribution in [3.8, 4) is 0 Å². The highest BCUT2D eigenvalue weighted by molar-refractivity contribution is 5.91. The number of hydrogen-bond acceptors (Lipinski definition) is 2. The monoisotopic (exact) mass is 128 g/mol. The second-order valence-corrected chi connectivity index (χ2v) is 2.12. The summed E-state index contributed by atoms with van der Waals surface area (Å²) in [5, 5.41) is 0. The molecule has 0 aliphatic rings. The molecule has 0 amide bonds. The third-order valence-corrected chi connectivity index (χ3v) is 0.736. The van der Waals surface area contributed by atoms with Crippen LogP contribution in [0.4, 0.5) is 0 Å². The number of ether oxygens (including phenoxy) is 1. The van der Waals surface area contributed by atoms with Gasteiger partial charge in [0, 0.05) is 7.11 Å². The second kappa shape index (κ2) is 4.27. The topological polar surface area (TPSA) is 26.3 Å². The Bertz CT molecular complexity index is 121. The van der Waals surface area contributed by atoms with Crippen molar-refractivity contribution in [2.75, 3.05) is 13.7 Å². The molecular formula is C7H12O2. The van der Waals surface area contributed by atoms with E-state index in [0.717, 1.165) is 5.57 Å². The maximum atomic E-state index is 10.7. The van der Waals surface area contributed by atoms with Crippen molar-refractivity contribution in [1.29, 1.82) is 0 Å². The van der Waals surface area contributed by atoms with E-state index in [1.54, 1.807) is 6.08 Å². The first-order chi connectivity index (χ1) is 4.16. The molecule has 0 aromatic heterocycles. The molecule has 0 radical (unpaired) electrons. The minimum Gasteiger partial charge on any atom is -0.377 e. The van der Waals surface area contributed by atoms with Crippen LogP contribution in [0.3, 0.4) is 0 Å². The lowest BCUT2D eigenvalue weighted by Crippen LogP contribution is -2.02. The van der Waals surface area contributed by atoms with Gasteiger partial charge in [0.2, 0.25) is 0 Å². The zero-order valence-corrected chi connectivity index (χ0v) is 6.10. The van der Waals surface area contributed by atoms with Gasteiger partial charge >= 0.3 is 0 Å². The summed E-state index contributed by atoms with van der Waals surface area (Å²) in [6, 6.07) is 0. The van der Waals surface area contributed by atoms with Crippen molar-refractivity contribution in [3.63, 3.8) is 0 Å². The lowest BCUT2D eigenvalue weighted by atomic mass is 10.3. The molecule has 0 rings (SSSR count). The van der Waals surface area contributed by atoms with Crippen LogP contribution < -0.4 is 0 Å². The van der Waals surface area contributed by atoms with Crippen LogP contribution in [0.15, 0.2) is 11.6 Å². The molecule has 0 aliphatic heterocycles. The molecule has 2 nitrogen and oxygen atoms in total. The molecule has 0 bridgehead atoms. The van der Waals surface area contributed by atoms with Crippen molar-refractivity contribution in [3.05, 3.63) is 11.6 Å². The first-order valence-electron chi connectivity index (χ1n) is 2.83. The smallest absolute Gasteiger partial charge is 0.181 e. The van der Waals surface area contributed by atoms with Gasteiger partial charge in [-0.2, -0.15) is 0 Å².